The summed E-state index contributed by atoms with van der Waals surface area (Å²) in [5.74, 6) is 1.25. The van der Waals surface area contributed by atoms with E-state index in [9.17, 15) is 10.0 Å². The number of benzene rings is 1. The minimum atomic E-state index is -0.644. The standard InChI is InChI=1S/C13H20N2O5/c1-8(2)15(17)13(16)14-9-6-10(18-3)12(20-5)11(7-9)19-4/h6-8,17H,1-5H3,(H,14,16). The average Bonchev–Trinajstić information content (AvgIpc) is 2.44. The van der Waals surface area contributed by atoms with Gasteiger partial charge >= 0.3 is 6.03 Å². The van der Waals surface area contributed by atoms with Crippen LogP contribution in [0.15, 0.2) is 12.1 Å². The molecule has 1 aromatic carbocycles. The molecule has 0 aromatic heterocycles. The van der Waals surface area contributed by atoms with Crippen LogP contribution in [-0.4, -0.2) is 43.7 Å². The number of anilines is 1. The number of nitrogens with one attached hydrogen (secondary N) is 1. The van der Waals surface area contributed by atoms with Crippen molar-refractivity contribution >= 4 is 11.7 Å². The molecule has 0 atom stereocenters. The minimum absolute atomic E-state index is 0.336. The van der Waals surface area contributed by atoms with Crippen molar-refractivity contribution in [3.63, 3.8) is 0 Å². The Morgan fingerprint density at radius 1 is 1.15 bits per heavy atom. The van der Waals surface area contributed by atoms with E-state index in [2.05, 4.69) is 5.32 Å². The first-order valence-electron chi connectivity index (χ1n) is 6.03. The SMILES string of the molecule is COc1cc(NC(=O)N(O)C(C)C)cc(OC)c1OC. The van der Waals surface area contributed by atoms with Gasteiger partial charge in [-0.2, -0.15) is 0 Å². The summed E-state index contributed by atoms with van der Waals surface area (Å²) in [4.78, 5) is 11.8. The number of hydrogen-bond donors (Lipinski definition) is 2. The van der Waals surface area contributed by atoms with Crippen molar-refractivity contribution in [3.8, 4) is 17.2 Å². The second-order valence-electron chi connectivity index (χ2n) is 4.28. The van der Waals surface area contributed by atoms with Gasteiger partial charge in [-0.05, 0) is 13.8 Å². The predicted molar refractivity (Wildman–Crippen MR) is 73.9 cm³/mol. The first-order valence-corrected chi connectivity index (χ1v) is 6.03. The summed E-state index contributed by atoms with van der Waals surface area (Å²) in [6.45, 7) is 3.38. The molecule has 1 aromatic rings. The molecule has 0 fully saturated rings. The monoisotopic (exact) mass is 284 g/mol. The minimum Gasteiger partial charge on any atom is -0.493 e. The molecule has 112 valence electrons. The van der Waals surface area contributed by atoms with Gasteiger partial charge in [0.25, 0.3) is 0 Å². The van der Waals surface area contributed by atoms with Crippen LogP contribution in [0, 0.1) is 0 Å². The lowest BCUT2D eigenvalue weighted by Gasteiger charge is -2.20. The van der Waals surface area contributed by atoms with Crippen molar-refractivity contribution in [3.05, 3.63) is 12.1 Å². The normalized spacial score (nSPS) is 10.2. The molecule has 1 rings (SSSR count). The molecule has 0 bridgehead atoms. The molecule has 2 N–H and O–H groups in total. The van der Waals surface area contributed by atoms with Gasteiger partial charge in [-0.1, -0.05) is 0 Å². The van der Waals surface area contributed by atoms with E-state index in [0.29, 0.717) is 28.0 Å². The molecule has 0 radical (unpaired) electrons. The molecule has 7 nitrogen and oxygen atoms in total. The maximum atomic E-state index is 11.8. The quantitative estimate of drug-likeness (QED) is 0.641. The van der Waals surface area contributed by atoms with E-state index < -0.39 is 6.03 Å². The number of hydroxylamine groups is 2. The zero-order valence-electron chi connectivity index (χ0n) is 12.3. The topological polar surface area (TPSA) is 80.3 Å². The summed E-state index contributed by atoms with van der Waals surface area (Å²) in [6, 6.07) is 2.17. The lowest BCUT2D eigenvalue weighted by molar-refractivity contribution is -0.0622. The van der Waals surface area contributed by atoms with Crippen LogP contribution >= 0.6 is 0 Å². The van der Waals surface area contributed by atoms with Crippen LogP contribution in [0.25, 0.3) is 0 Å². The molecule has 0 saturated heterocycles. The van der Waals surface area contributed by atoms with E-state index in [1.807, 2.05) is 0 Å². The molecule has 2 amide bonds. The largest absolute Gasteiger partial charge is 0.493 e. The van der Waals surface area contributed by atoms with E-state index in [4.69, 9.17) is 14.2 Å². The number of carbonyl (C=O) groups is 1. The Balaban J connectivity index is 3.05. The summed E-state index contributed by atoms with van der Waals surface area (Å²) in [7, 11) is 4.46. The van der Waals surface area contributed by atoms with Crippen LogP contribution in [0.5, 0.6) is 17.2 Å². The number of amides is 2. The molecule has 7 heteroatoms. The molecular weight excluding hydrogens is 264 g/mol. The van der Waals surface area contributed by atoms with Gasteiger partial charge in [-0.3, -0.25) is 5.21 Å². The van der Waals surface area contributed by atoms with Gasteiger partial charge in [0.05, 0.1) is 33.1 Å². The molecule has 0 spiro atoms. The molecule has 20 heavy (non-hydrogen) atoms. The molecular formula is C13H20N2O5. The second kappa shape index (κ2) is 6.85. The number of methoxy groups -OCH3 is 3. The average molecular weight is 284 g/mol. The van der Waals surface area contributed by atoms with E-state index in [-0.39, 0.29) is 6.04 Å². The maximum absolute atomic E-state index is 11.8. The highest BCUT2D eigenvalue weighted by molar-refractivity contribution is 5.89. The van der Waals surface area contributed by atoms with Crippen molar-refractivity contribution in [1.82, 2.24) is 5.06 Å². The molecule has 0 aliphatic carbocycles. The van der Waals surface area contributed by atoms with Crippen LogP contribution in [0.3, 0.4) is 0 Å². The van der Waals surface area contributed by atoms with Crippen molar-refractivity contribution < 1.29 is 24.2 Å². The Morgan fingerprint density at radius 2 is 1.65 bits per heavy atom. The van der Waals surface area contributed by atoms with Crippen LogP contribution in [-0.2, 0) is 0 Å². The van der Waals surface area contributed by atoms with Gasteiger partial charge in [0.1, 0.15) is 0 Å². The van der Waals surface area contributed by atoms with Crippen molar-refractivity contribution in [2.24, 2.45) is 0 Å². The Bertz CT molecular complexity index is 451. The first-order chi connectivity index (χ1) is 9.44. The van der Waals surface area contributed by atoms with Crippen molar-refractivity contribution in [2.45, 2.75) is 19.9 Å². The zero-order chi connectivity index (χ0) is 15.3. The highest BCUT2D eigenvalue weighted by atomic mass is 16.5. The molecule has 0 saturated carbocycles. The third-order valence-corrected chi connectivity index (χ3v) is 2.61. The Kier molecular flexibility index (Phi) is 5.45. The van der Waals surface area contributed by atoms with Gasteiger partial charge in [-0.25, -0.2) is 9.86 Å². The summed E-state index contributed by atoms with van der Waals surface area (Å²) in [5, 5.41) is 12.7. The van der Waals surface area contributed by atoms with E-state index >= 15 is 0 Å². The van der Waals surface area contributed by atoms with Gasteiger partial charge in [0.15, 0.2) is 11.5 Å². The predicted octanol–water partition coefficient (Wildman–Crippen LogP) is 2.34. The van der Waals surface area contributed by atoms with Crippen molar-refractivity contribution in [1.29, 1.82) is 0 Å². The number of hydrogen-bond acceptors (Lipinski definition) is 5. The van der Waals surface area contributed by atoms with Gasteiger partial charge in [0, 0.05) is 12.1 Å². The van der Waals surface area contributed by atoms with E-state index in [0.717, 1.165) is 0 Å². The Labute approximate surface area is 118 Å². The fourth-order valence-corrected chi connectivity index (χ4v) is 1.57. The number of rotatable bonds is 5. The lowest BCUT2D eigenvalue weighted by Crippen LogP contribution is -2.37. The smallest absolute Gasteiger partial charge is 0.345 e. The van der Waals surface area contributed by atoms with Crippen LogP contribution in [0.2, 0.25) is 0 Å². The Morgan fingerprint density at radius 3 is 2.00 bits per heavy atom. The fourth-order valence-electron chi connectivity index (χ4n) is 1.57. The summed E-state index contributed by atoms with van der Waals surface area (Å²) < 4.78 is 15.5. The molecule has 0 aliphatic rings. The van der Waals surface area contributed by atoms with Gasteiger partial charge in [0.2, 0.25) is 5.75 Å². The molecule has 0 aliphatic heterocycles. The Hall–Kier alpha value is -2.15. The molecule has 0 heterocycles. The third-order valence-electron chi connectivity index (χ3n) is 2.61. The highest BCUT2D eigenvalue weighted by Gasteiger charge is 2.18. The van der Waals surface area contributed by atoms with E-state index in [1.165, 1.54) is 21.3 Å². The van der Waals surface area contributed by atoms with Gasteiger partial charge in [-0.15, -0.1) is 0 Å². The number of carbonyl (C=O) groups excluding carboxylic acids is 1. The van der Waals surface area contributed by atoms with E-state index in [1.54, 1.807) is 26.0 Å². The summed E-state index contributed by atoms with van der Waals surface area (Å²) >= 11 is 0. The summed E-state index contributed by atoms with van der Waals surface area (Å²) in [5.41, 5.74) is 0.421. The maximum Gasteiger partial charge on any atom is 0.345 e. The lowest BCUT2D eigenvalue weighted by atomic mass is 10.2. The van der Waals surface area contributed by atoms with Crippen LogP contribution < -0.4 is 19.5 Å². The third kappa shape index (κ3) is 3.45. The fraction of sp³-hybridized carbons (Fsp3) is 0.462. The zero-order valence-corrected chi connectivity index (χ0v) is 12.3. The number of nitrogens with zero attached hydrogens (tertiary/aromatic N) is 1. The van der Waals surface area contributed by atoms with Gasteiger partial charge < -0.3 is 19.5 Å². The summed E-state index contributed by atoms with van der Waals surface area (Å²) in [6.07, 6.45) is 0. The first kappa shape index (κ1) is 15.9. The highest BCUT2D eigenvalue weighted by Crippen LogP contribution is 2.39. The van der Waals surface area contributed by atoms with Crippen LogP contribution in [0.4, 0.5) is 10.5 Å². The number of ether oxygens (including phenoxy) is 3. The van der Waals surface area contributed by atoms with Crippen molar-refractivity contribution in [2.75, 3.05) is 26.6 Å². The van der Waals surface area contributed by atoms with Crippen LogP contribution in [0.1, 0.15) is 13.8 Å². The second-order valence-corrected chi connectivity index (χ2v) is 4.28. The molecule has 0 unspecified atom stereocenters. The number of urea groups is 1.